The van der Waals surface area contributed by atoms with Gasteiger partial charge in [0.25, 0.3) is 0 Å². The number of rotatable bonds is 7. The molecule has 108 valence electrons. The van der Waals surface area contributed by atoms with Gasteiger partial charge in [-0.1, -0.05) is 12.1 Å². The Morgan fingerprint density at radius 2 is 1.75 bits per heavy atom. The third kappa shape index (κ3) is 5.47. The third-order valence-electron chi connectivity index (χ3n) is 2.56. The summed E-state index contributed by atoms with van der Waals surface area (Å²) in [5.41, 5.74) is 0.534. The molecule has 1 aromatic rings. The number of amides is 1. The highest BCUT2D eigenvalue weighted by molar-refractivity contribution is 5.85. The fraction of sp³-hybridized carbons (Fsp3) is 0.308. The van der Waals surface area contributed by atoms with Crippen molar-refractivity contribution in [3.63, 3.8) is 0 Å². The minimum atomic E-state index is -1.29. The second kappa shape index (κ2) is 7.22. The minimum Gasteiger partial charge on any atom is -0.481 e. The maximum absolute atomic E-state index is 12.7. The van der Waals surface area contributed by atoms with Gasteiger partial charge >= 0.3 is 11.9 Å². The third-order valence-corrected chi connectivity index (χ3v) is 2.56. The fourth-order valence-electron chi connectivity index (χ4n) is 1.56. The summed E-state index contributed by atoms with van der Waals surface area (Å²) in [6.07, 6.45) is -0.648. The minimum absolute atomic E-state index is 0.100. The molecule has 0 aromatic heterocycles. The highest BCUT2D eigenvalue weighted by Gasteiger charge is 2.20. The second-order valence-corrected chi connectivity index (χ2v) is 4.19. The molecule has 7 heteroatoms. The van der Waals surface area contributed by atoms with Crippen molar-refractivity contribution < 1.29 is 29.0 Å². The first kappa shape index (κ1) is 15.6. The van der Waals surface area contributed by atoms with E-state index in [2.05, 4.69) is 5.32 Å². The molecule has 1 rings (SSSR count). The molecule has 0 aliphatic heterocycles. The molecular formula is C13H14FNO5. The Labute approximate surface area is 114 Å². The first-order valence-electron chi connectivity index (χ1n) is 5.87. The van der Waals surface area contributed by atoms with Crippen LogP contribution in [0.2, 0.25) is 0 Å². The number of carbonyl (C=O) groups is 3. The average molecular weight is 283 g/mol. The zero-order valence-corrected chi connectivity index (χ0v) is 10.5. The molecule has 20 heavy (non-hydrogen) atoms. The summed E-state index contributed by atoms with van der Waals surface area (Å²) in [6.45, 7) is 0. The molecule has 0 aliphatic rings. The predicted octanol–water partition coefficient (Wildman–Crippen LogP) is 0.802. The molecule has 3 N–H and O–H groups in total. The molecule has 0 heterocycles. The van der Waals surface area contributed by atoms with Gasteiger partial charge in [-0.2, -0.15) is 0 Å². The van der Waals surface area contributed by atoms with Crippen LogP contribution in [-0.2, 0) is 20.8 Å². The Kier molecular flexibility index (Phi) is 5.64. The van der Waals surface area contributed by atoms with Gasteiger partial charge in [-0.15, -0.1) is 0 Å². The Hall–Kier alpha value is -2.44. The second-order valence-electron chi connectivity index (χ2n) is 4.19. The number of aliphatic carboxylic acids is 2. The van der Waals surface area contributed by atoms with E-state index >= 15 is 0 Å². The number of benzene rings is 1. The molecule has 0 saturated carbocycles. The van der Waals surface area contributed by atoms with E-state index in [1.165, 1.54) is 24.3 Å². The number of hydrogen-bond donors (Lipinski definition) is 3. The van der Waals surface area contributed by atoms with E-state index in [1.807, 2.05) is 0 Å². The lowest BCUT2D eigenvalue weighted by atomic mass is 10.1. The van der Waals surface area contributed by atoms with Crippen molar-refractivity contribution in [2.24, 2.45) is 0 Å². The predicted molar refractivity (Wildman–Crippen MR) is 66.5 cm³/mol. The molecule has 0 spiro atoms. The SMILES string of the molecule is O=C(O)CC[C@@H](NC(=O)Cc1ccc(F)cc1)C(=O)O. The lowest BCUT2D eigenvalue weighted by Crippen LogP contribution is -2.41. The average Bonchev–Trinajstić information content (AvgIpc) is 2.36. The standard InChI is InChI=1S/C13H14FNO5/c14-9-3-1-8(2-4-9)7-11(16)15-10(13(19)20)5-6-12(17)18/h1-4,10H,5-7H2,(H,15,16)(H,17,18)(H,19,20)/t10-/m1/s1. The number of halogens is 1. The van der Waals surface area contributed by atoms with Crippen LogP contribution in [0.4, 0.5) is 4.39 Å². The normalized spacial score (nSPS) is 11.7. The van der Waals surface area contributed by atoms with Crippen molar-refractivity contribution in [1.82, 2.24) is 5.32 Å². The Balaban J connectivity index is 2.55. The Morgan fingerprint density at radius 1 is 1.15 bits per heavy atom. The van der Waals surface area contributed by atoms with Gasteiger partial charge in [0.1, 0.15) is 11.9 Å². The van der Waals surface area contributed by atoms with E-state index in [0.29, 0.717) is 5.56 Å². The highest BCUT2D eigenvalue weighted by Crippen LogP contribution is 2.04. The number of hydrogen-bond acceptors (Lipinski definition) is 3. The van der Waals surface area contributed by atoms with Crippen molar-refractivity contribution in [1.29, 1.82) is 0 Å². The van der Waals surface area contributed by atoms with Crippen LogP contribution in [0.3, 0.4) is 0 Å². The smallest absolute Gasteiger partial charge is 0.326 e. The zero-order valence-electron chi connectivity index (χ0n) is 10.5. The van der Waals surface area contributed by atoms with E-state index in [1.54, 1.807) is 0 Å². The lowest BCUT2D eigenvalue weighted by molar-refractivity contribution is -0.143. The quantitative estimate of drug-likeness (QED) is 0.686. The summed E-state index contributed by atoms with van der Waals surface area (Å²) in [4.78, 5) is 32.9. The van der Waals surface area contributed by atoms with Gasteiger partial charge in [0.15, 0.2) is 0 Å². The first-order valence-corrected chi connectivity index (χ1v) is 5.87. The van der Waals surface area contributed by atoms with Gasteiger partial charge in [-0.05, 0) is 24.1 Å². The summed E-state index contributed by atoms with van der Waals surface area (Å²) in [5.74, 6) is -3.42. The van der Waals surface area contributed by atoms with Crippen molar-refractivity contribution in [3.05, 3.63) is 35.6 Å². The molecule has 1 aromatic carbocycles. The van der Waals surface area contributed by atoms with Gasteiger partial charge in [0.2, 0.25) is 5.91 Å². The number of carboxylic acid groups (broad SMARTS) is 2. The highest BCUT2D eigenvalue weighted by atomic mass is 19.1. The topological polar surface area (TPSA) is 104 Å². The monoisotopic (exact) mass is 283 g/mol. The lowest BCUT2D eigenvalue weighted by Gasteiger charge is -2.13. The molecule has 0 saturated heterocycles. The van der Waals surface area contributed by atoms with Crippen LogP contribution >= 0.6 is 0 Å². The maximum atomic E-state index is 12.7. The maximum Gasteiger partial charge on any atom is 0.326 e. The molecular weight excluding hydrogens is 269 g/mol. The number of nitrogens with one attached hydrogen (secondary N) is 1. The van der Waals surface area contributed by atoms with E-state index < -0.39 is 29.7 Å². The van der Waals surface area contributed by atoms with E-state index in [-0.39, 0.29) is 19.3 Å². The van der Waals surface area contributed by atoms with Crippen molar-refractivity contribution in [2.75, 3.05) is 0 Å². The van der Waals surface area contributed by atoms with Gasteiger partial charge in [-0.3, -0.25) is 9.59 Å². The van der Waals surface area contributed by atoms with Gasteiger partial charge in [0, 0.05) is 6.42 Å². The van der Waals surface area contributed by atoms with Crippen molar-refractivity contribution in [2.45, 2.75) is 25.3 Å². The Bertz CT molecular complexity index is 500. The summed E-state index contributed by atoms with van der Waals surface area (Å²) in [5, 5.41) is 19.6. The van der Waals surface area contributed by atoms with E-state index in [4.69, 9.17) is 10.2 Å². The first-order chi connectivity index (χ1) is 9.38. The van der Waals surface area contributed by atoms with E-state index in [0.717, 1.165) is 0 Å². The largest absolute Gasteiger partial charge is 0.481 e. The van der Waals surface area contributed by atoms with Crippen LogP contribution in [0.25, 0.3) is 0 Å². The van der Waals surface area contributed by atoms with Gasteiger partial charge in [-0.25, -0.2) is 9.18 Å². The summed E-state index contributed by atoms with van der Waals surface area (Å²) in [6, 6.07) is 3.98. The van der Waals surface area contributed by atoms with Gasteiger partial charge in [0.05, 0.1) is 6.42 Å². The van der Waals surface area contributed by atoms with Crippen LogP contribution in [0.1, 0.15) is 18.4 Å². The van der Waals surface area contributed by atoms with Crippen LogP contribution in [0, 0.1) is 5.82 Å². The molecule has 0 unspecified atom stereocenters. The molecule has 1 amide bonds. The number of carbonyl (C=O) groups excluding carboxylic acids is 1. The van der Waals surface area contributed by atoms with Crippen LogP contribution in [0.15, 0.2) is 24.3 Å². The van der Waals surface area contributed by atoms with Crippen molar-refractivity contribution in [3.8, 4) is 0 Å². The summed E-state index contributed by atoms with van der Waals surface area (Å²) < 4.78 is 12.7. The van der Waals surface area contributed by atoms with Crippen LogP contribution < -0.4 is 5.32 Å². The summed E-state index contributed by atoms with van der Waals surface area (Å²) in [7, 11) is 0. The van der Waals surface area contributed by atoms with Crippen molar-refractivity contribution >= 4 is 17.8 Å². The molecule has 0 aliphatic carbocycles. The fourth-order valence-corrected chi connectivity index (χ4v) is 1.56. The number of carboxylic acids is 2. The zero-order chi connectivity index (χ0) is 15.1. The molecule has 0 fully saturated rings. The van der Waals surface area contributed by atoms with Gasteiger partial charge < -0.3 is 15.5 Å². The molecule has 1 atom stereocenters. The molecule has 0 radical (unpaired) electrons. The molecule has 6 nitrogen and oxygen atoms in total. The Morgan fingerprint density at radius 3 is 2.25 bits per heavy atom. The van der Waals surface area contributed by atoms with E-state index in [9.17, 15) is 18.8 Å². The van der Waals surface area contributed by atoms with Crippen LogP contribution in [-0.4, -0.2) is 34.1 Å². The van der Waals surface area contributed by atoms with Crippen LogP contribution in [0.5, 0.6) is 0 Å². The summed E-state index contributed by atoms with van der Waals surface area (Å²) >= 11 is 0. The molecule has 0 bridgehead atoms.